The summed E-state index contributed by atoms with van der Waals surface area (Å²) in [7, 11) is 1.53. The molecule has 1 aromatic heterocycles. The largest absolute Gasteiger partial charge is 0.355 e. The van der Waals surface area contributed by atoms with Crippen molar-refractivity contribution in [2.75, 3.05) is 7.05 Å². The van der Waals surface area contributed by atoms with Crippen LogP contribution in [0.5, 0.6) is 0 Å². The first-order valence-corrected chi connectivity index (χ1v) is 3.83. The van der Waals surface area contributed by atoms with Crippen LogP contribution in [-0.2, 0) is 0 Å². The van der Waals surface area contributed by atoms with Crippen molar-refractivity contribution in [1.29, 1.82) is 0 Å². The number of carbonyl (C=O) groups excluding carboxylic acids is 2. The van der Waals surface area contributed by atoms with Gasteiger partial charge >= 0.3 is 0 Å². The zero-order valence-electron chi connectivity index (χ0n) is 7.50. The quantitative estimate of drug-likeness (QED) is 0.676. The van der Waals surface area contributed by atoms with E-state index < -0.39 is 0 Å². The van der Waals surface area contributed by atoms with Crippen LogP contribution >= 0.6 is 0 Å². The van der Waals surface area contributed by atoms with Crippen LogP contribution in [0.3, 0.4) is 0 Å². The zero-order chi connectivity index (χ0) is 9.84. The average molecular weight is 178 g/mol. The van der Waals surface area contributed by atoms with Crippen molar-refractivity contribution in [1.82, 2.24) is 10.3 Å². The van der Waals surface area contributed by atoms with Gasteiger partial charge in [-0.15, -0.1) is 0 Å². The van der Waals surface area contributed by atoms with Gasteiger partial charge < -0.3 is 5.32 Å². The van der Waals surface area contributed by atoms with Gasteiger partial charge in [-0.2, -0.15) is 0 Å². The number of rotatable bonds is 2. The van der Waals surface area contributed by atoms with Gasteiger partial charge in [0, 0.05) is 25.0 Å². The van der Waals surface area contributed by atoms with E-state index in [1.807, 2.05) is 0 Å². The van der Waals surface area contributed by atoms with Crippen LogP contribution in [0.15, 0.2) is 18.5 Å². The van der Waals surface area contributed by atoms with Gasteiger partial charge in [0.1, 0.15) is 0 Å². The molecule has 0 spiro atoms. The first-order valence-electron chi connectivity index (χ1n) is 3.83. The number of aromatic nitrogens is 1. The minimum absolute atomic E-state index is 0.0988. The number of nitrogens with zero attached hydrogens (tertiary/aromatic N) is 1. The van der Waals surface area contributed by atoms with Gasteiger partial charge in [0.15, 0.2) is 5.78 Å². The van der Waals surface area contributed by atoms with Crippen molar-refractivity contribution in [2.45, 2.75) is 6.92 Å². The van der Waals surface area contributed by atoms with Crippen molar-refractivity contribution in [3.63, 3.8) is 0 Å². The second-order valence-corrected chi connectivity index (χ2v) is 2.60. The van der Waals surface area contributed by atoms with Crippen molar-refractivity contribution < 1.29 is 9.59 Å². The van der Waals surface area contributed by atoms with E-state index in [2.05, 4.69) is 10.3 Å². The lowest BCUT2D eigenvalue weighted by molar-refractivity contribution is 0.0962. The highest BCUT2D eigenvalue weighted by Gasteiger charge is 2.06. The Morgan fingerprint density at radius 3 is 2.46 bits per heavy atom. The predicted molar refractivity (Wildman–Crippen MR) is 47.6 cm³/mol. The summed E-state index contributed by atoms with van der Waals surface area (Å²) in [5.74, 6) is -0.339. The third-order valence-electron chi connectivity index (χ3n) is 1.63. The molecule has 4 nitrogen and oxygen atoms in total. The third kappa shape index (κ3) is 2.11. The summed E-state index contributed by atoms with van der Waals surface area (Å²) < 4.78 is 0. The zero-order valence-corrected chi connectivity index (χ0v) is 7.50. The number of hydrogen-bond acceptors (Lipinski definition) is 3. The number of carbonyl (C=O) groups is 2. The maximum Gasteiger partial charge on any atom is 0.252 e. The third-order valence-corrected chi connectivity index (χ3v) is 1.63. The summed E-state index contributed by atoms with van der Waals surface area (Å²) in [5.41, 5.74) is 0.844. The molecule has 0 atom stereocenters. The van der Waals surface area contributed by atoms with E-state index in [4.69, 9.17) is 0 Å². The molecular formula is C9H10N2O2. The summed E-state index contributed by atoms with van der Waals surface area (Å²) in [6.07, 6.45) is 2.86. The van der Waals surface area contributed by atoms with E-state index in [1.165, 1.54) is 32.4 Å². The Balaban J connectivity index is 3.05. The number of hydrogen-bond donors (Lipinski definition) is 1. The summed E-state index contributed by atoms with van der Waals surface area (Å²) in [4.78, 5) is 25.9. The van der Waals surface area contributed by atoms with Crippen LogP contribution < -0.4 is 5.32 Å². The fourth-order valence-corrected chi connectivity index (χ4v) is 0.901. The molecule has 68 valence electrons. The molecule has 1 rings (SSSR count). The van der Waals surface area contributed by atoms with Gasteiger partial charge in [0.05, 0.1) is 5.56 Å². The van der Waals surface area contributed by atoms with Gasteiger partial charge in [-0.1, -0.05) is 0 Å². The summed E-state index contributed by atoms with van der Waals surface area (Å²) in [5, 5.41) is 2.46. The van der Waals surface area contributed by atoms with Crippen LogP contribution in [0.4, 0.5) is 0 Å². The Labute approximate surface area is 76.0 Å². The molecule has 0 saturated carbocycles. The van der Waals surface area contributed by atoms with E-state index in [1.54, 1.807) is 0 Å². The van der Waals surface area contributed by atoms with Gasteiger partial charge in [0.2, 0.25) is 0 Å². The van der Waals surface area contributed by atoms with Crippen molar-refractivity contribution in [3.8, 4) is 0 Å². The normalized spacial score (nSPS) is 9.38. The molecule has 1 N–H and O–H groups in total. The Morgan fingerprint density at radius 2 is 1.92 bits per heavy atom. The van der Waals surface area contributed by atoms with E-state index in [0.29, 0.717) is 11.1 Å². The smallest absolute Gasteiger partial charge is 0.252 e. The van der Waals surface area contributed by atoms with Crippen molar-refractivity contribution in [2.24, 2.45) is 0 Å². The van der Waals surface area contributed by atoms with Crippen LogP contribution in [0.25, 0.3) is 0 Å². The van der Waals surface area contributed by atoms with Crippen LogP contribution in [0.1, 0.15) is 27.6 Å². The lowest BCUT2D eigenvalue weighted by Gasteiger charge is -1.99. The molecule has 0 aromatic carbocycles. The highest BCUT2D eigenvalue weighted by atomic mass is 16.1. The lowest BCUT2D eigenvalue weighted by atomic mass is 10.1. The Bertz CT molecular complexity index is 347. The second-order valence-electron chi connectivity index (χ2n) is 2.60. The molecule has 0 saturated heterocycles. The molecule has 0 unspecified atom stereocenters. The molecule has 0 bridgehead atoms. The highest BCUT2D eigenvalue weighted by molar-refractivity contribution is 5.98. The topological polar surface area (TPSA) is 59.1 Å². The summed E-state index contributed by atoms with van der Waals surface area (Å²) in [6, 6.07) is 1.52. The molecule has 0 aliphatic carbocycles. The van der Waals surface area contributed by atoms with Crippen molar-refractivity contribution >= 4 is 11.7 Å². The summed E-state index contributed by atoms with van der Waals surface area (Å²) in [6.45, 7) is 1.44. The second kappa shape index (κ2) is 3.80. The molecule has 13 heavy (non-hydrogen) atoms. The molecule has 0 fully saturated rings. The fraction of sp³-hybridized carbons (Fsp3) is 0.222. The first kappa shape index (κ1) is 9.38. The summed E-state index contributed by atoms with van der Waals surface area (Å²) >= 11 is 0. The van der Waals surface area contributed by atoms with Gasteiger partial charge in [-0.05, 0) is 13.0 Å². The number of pyridine rings is 1. The Kier molecular flexibility index (Phi) is 2.74. The van der Waals surface area contributed by atoms with Gasteiger partial charge in [-0.25, -0.2) is 0 Å². The van der Waals surface area contributed by atoms with E-state index >= 15 is 0 Å². The van der Waals surface area contributed by atoms with E-state index in [9.17, 15) is 9.59 Å². The minimum atomic E-state index is -0.240. The highest BCUT2D eigenvalue weighted by Crippen LogP contribution is 2.02. The number of Topliss-reactive ketones (excluding diaryl/α,β-unsaturated/α-hetero) is 1. The predicted octanol–water partition coefficient (Wildman–Crippen LogP) is 0.644. The Morgan fingerprint density at radius 1 is 1.31 bits per heavy atom. The maximum absolute atomic E-state index is 11.1. The number of amides is 1. The fourth-order valence-electron chi connectivity index (χ4n) is 0.901. The Hall–Kier alpha value is -1.71. The lowest BCUT2D eigenvalue weighted by Crippen LogP contribution is -2.18. The van der Waals surface area contributed by atoms with Crippen molar-refractivity contribution in [3.05, 3.63) is 29.6 Å². The molecule has 4 heteroatoms. The first-order chi connectivity index (χ1) is 6.15. The SMILES string of the molecule is CNC(=O)c1cncc(C(C)=O)c1. The standard InChI is InChI=1S/C9H10N2O2/c1-6(12)7-3-8(5-11-4-7)9(13)10-2/h3-5H,1-2H3,(H,10,13). The monoisotopic (exact) mass is 178 g/mol. The van der Waals surface area contributed by atoms with E-state index in [0.717, 1.165) is 0 Å². The molecule has 1 aromatic rings. The van der Waals surface area contributed by atoms with Crippen LogP contribution in [-0.4, -0.2) is 23.7 Å². The van der Waals surface area contributed by atoms with Gasteiger partial charge in [-0.3, -0.25) is 14.6 Å². The molecule has 0 aliphatic rings. The van der Waals surface area contributed by atoms with Crippen LogP contribution in [0, 0.1) is 0 Å². The number of nitrogens with one attached hydrogen (secondary N) is 1. The molecule has 1 heterocycles. The molecule has 0 aliphatic heterocycles. The maximum atomic E-state index is 11.1. The molecule has 0 radical (unpaired) electrons. The molecular weight excluding hydrogens is 168 g/mol. The average Bonchev–Trinajstić information content (AvgIpc) is 2.17. The van der Waals surface area contributed by atoms with E-state index in [-0.39, 0.29) is 11.7 Å². The van der Waals surface area contributed by atoms with Crippen LogP contribution in [0.2, 0.25) is 0 Å². The van der Waals surface area contributed by atoms with Gasteiger partial charge in [0.25, 0.3) is 5.91 Å². The number of ketones is 1. The minimum Gasteiger partial charge on any atom is -0.355 e. The molecule has 1 amide bonds.